The monoisotopic (exact) mass is 399 g/mol. The number of hydrogen-bond acceptors (Lipinski definition) is 5. The summed E-state index contributed by atoms with van der Waals surface area (Å²) >= 11 is 0. The lowest BCUT2D eigenvalue weighted by atomic mass is 10.2. The zero-order chi connectivity index (χ0) is 20.5. The van der Waals surface area contributed by atoms with E-state index in [0.29, 0.717) is 52.3 Å². The van der Waals surface area contributed by atoms with E-state index in [0.717, 1.165) is 17.7 Å². The first kappa shape index (κ1) is 21.0. The van der Waals surface area contributed by atoms with Gasteiger partial charge in [0, 0.05) is 52.6 Å². The first-order valence-corrected chi connectivity index (χ1v) is 10.0. The minimum absolute atomic E-state index is 0.0224. The van der Waals surface area contributed by atoms with E-state index in [9.17, 15) is 9.59 Å². The molecule has 2 amide bonds. The molecule has 1 aliphatic rings. The lowest BCUT2D eigenvalue weighted by molar-refractivity contribution is -0.132. The highest BCUT2D eigenvalue weighted by Crippen LogP contribution is 2.10. The van der Waals surface area contributed by atoms with Crippen LogP contribution in [0.4, 0.5) is 0 Å². The van der Waals surface area contributed by atoms with Crippen molar-refractivity contribution in [1.29, 1.82) is 0 Å². The van der Waals surface area contributed by atoms with Crippen molar-refractivity contribution in [3.05, 3.63) is 48.3 Å². The van der Waals surface area contributed by atoms with Gasteiger partial charge in [-0.25, -0.2) is 4.68 Å². The van der Waals surface area contributed by atoms with Gasteiger partial charge in [0.05, 0.1) is 24.8 Å². The normalized spacial score (nSPS) is 14.7. The number of amides is 2. The maximum absolute atomic E-state index is 12.6. The van der Waals surface area contributed by atoms with Crippen molar-refractivity contribution < 1.29 is 14.3 Å². The average molecular weight is 399 g/mol. The van der Waals surface area contributed by atoms with Crippen LogP contribution in [0.25, 0.3) is 5.69 Å². The zero-order valence-electron chi connectivity index (χ0n) is 16.9. The number of piperazine rings is 1. The van der Waals surface area contributed by atoms with Crippen LogP contribution >= 0.6 is 0 Å². The number of carbonyl (C=O) groups is 2. The van der Waals surface area contributed by atoms with E-state index in [4.69, 9.17) is 4.74 Å². The third-order valence-electron chi connectivity index (χ3n) is 4.95. The van der Waals surface area contributed by atoms with Crippen LogP contribution in [-0.4, -0.2) is 84.4 Å². The highest BCUT2D eigenvalue weighted by atomic mass is 16.5. The Bertz CT molecular complexity index is 785. The Morgan fingerprint density at radius 1 is 1.14 bits per heavy atom. The van der Waals surface area contributed by atoms with Crippen molar-refractivity contribution in [3.8, 4) is 5.69 Å². The van der Waals surface area contributed by atoms with Gasteiger partial charge in [0.2, 0.25) is 11.8 Å². The SMILES string of the molecule is COCCCNC(=O)CN1CCN(C(=O)Cc2cnn(-c3ccccc3)c2)CC1. The average Bonchev–Trinajstić information content (AvgIpc) is 3.21. The van der Waals surface area contributed by atoms with Crippen LogP contribution in [0.15, 0.2) is 42.7 Å². The molecule has 1 aromatic carbocycles. The molecule has 1 N–H and O–H groups in total. The van der Waals surface area contributed by atoms with Crippen molar-refractivity contribution in [1.82, 2.24) is 24.9 Å². The molecule has 2 aromatic rings. The van der Waals surface area contributed by atoms with Crippen molar-refractivity contribution >= 4 is 11.8 Å². The maximum atomic E-state index is 12.6. The number of methoxy groups -OCH3 is 1. The van der Waals surface area contributed by atoms with Crippen LogP contribution in [-0.2, 0) is 20.7 Å². The smallest absolute Gasteiger partial charge is 0.234 e. The summed E-state index contributed by atoms with van der Waals surface area (Å²) in [6.45, 7) is 4.35. The molecule has 0 atom stereocenters. The van der Waals surface area contributed by atoms with Crippen molar-refractivity contribution in [2.45, 2.75) is 12.8 Å². The van der Waals surface area contributed by atoms with Gasteiger partial charge < -0.3 is 15.0 Å². The molecule has 0 aliphatic carbocycles. The molecule has 3 rings (SSSR count). The van der Waals surface area contributed by atoms with Gasteiger partial charge in [-0.3, -0.25) is 14.5 Å². The highest BCUT2D eigenvalue weighted by Gasteiger charge is 2.22. The van der Waals surface area contributed by atoms with Gasteiger partial charge in [-0.2, -0.15) is 5.10 Å². The van der Waals surface area contributed by atoms with Crippen molar-refractivity contribution in [2.75, 3.05) is 53.0 Å². The van der Waals surface area contributed by atoms with Crippen molar-refractivity contribution in [2.24, 2.45) is 0 Å². The minimum atomic E-state index is 0.0224. The van der Waals surface area contributed by atoms with Crippen LogP contribution in [0.5, 0.6) is 0 Å². The van der Waals surface area contributed by atoms with E-state index < -0.39 is 0 Å². The summed E-state index contributed by atoms with van der Waals surface area (Å²) in [4.78, 5) is 28.5. The molecule has 1 saturated heterocycles. The van der Waals surface area contributed by atoms with E-state index in [2.05, 4.69) is 15.3 Å². The molecule has 8 nitrogen and oxygen atoms in total. The van der Waals surface area contributed by atoms with Crippen LogP contribution in [0.3, 0.4) is 0 Å². The fraction of sp³-hybridized carbons (Fsp3) is 0.476. The van der Waals surface area contributed by atoms with Gasteiger partial charge in [0.15, 0.2) is 0 Å². The summed E-state index contributed by atoms with van der Waals surface area (Å²) in [5, 5.41) is 7.25. The largest absolute Gasteiger partial charge is 0.385 e. The van der Waals surface area contributed by atoms with E-state index in [-0.39, 0.29) is 11.8 Å². The molecule has 1 fully saturated rings. The van der Waals surface area contributed by atoms with Gasteiger partial charge >= 0.3 is 0 Å². The quantitative estimate of drug-likeness (QED) is 0.629. The zero-order valence-corrected chi connectivity index (χ0v) is 16.9. The second-order valence-corrected chi connectivity index (χ2v) is 7.16. The number of ether oxygens (including phenoxy) is 1. The number of benzene rings is 1. The Balaban J connectivity index is 1.40. The number of para-hydroxylation sites is 1. The molecule has 1 aliphatic heterocycles. The topological polar surface area (TPSA) is 79.7 Å². The highest BCUT2D eigenvalue weighted by molar-refractivity contribution is 5.79. The lowest BCUT2D eigenvalue weighted by Crippen LogP contribution is -2.51. The van der Waals surface area contributed by atoms with Gasteiger partial charge in [-0.15, -0.1) is 0 Å². The number of nitrogens with zero attached hydrogens (tertiary/aromatic N) is 4. The third-order valence-corrected chi connectivity index (χ3v) is 4.95. The van der Waals surface area contributed by atoms with Crippen LogP contribution in [0.1, 0.15) is 12.0 Å². The number of rotatable bonds is 9. The van der Waals surface area contributed by atoms with Crippen molar-refractivity contribution in [3.63, 3.8) is 0 Å². The molecule has 156 valence electrons. The molecule has 8 heteroatoms. The second-order valence-electron chi connectivity index (χ2n) is 7.16. The molecule has 0 saturated carbocycles. The summed E-state index contributed by atoms with van der Waals surface area (Å²) in [7, 11) is 1.65. The summed E-state index contributed by atoms with van der Waals surface area (Å²) in [6, 6.07) is 9.83. The number of carbonyl (C=O) groups excluding carboxylic acids is 2. The molecule has 2 heterocycles. The van der Waals surface area contributed by atoms with E-state index in [1.165, 1.54) is 0 Å². The standard InChI is InChI=1S/C21H29N5O3/c1-29-13-5-8-22-20(27)17-24-9-11-25(12-10-24)21(28)14-18-15-23-26(16-18)19-6-3-2-4-7-19/h2-4,6-7,15-16H,5,8-14,17H2,1H3,(H,22,27). The molecule has 0 radical (unpaired) electrons. The molecule has 0 bridgehead atoms. The van der Waals surface area contributed by atoms with E-state index in [1.807, 2.05) is 41.4 Å². The number of nitrogens with one attached hydrogen (secondary N) is 1. The van der Waals surface area contributed by atoms with Gasteiger partial charge in [0.25, 0.3) is 0 Å². The maximum Gasteiger partial charge on any atom is 0.234 e. The molecule has 29 heavy (non-hydrogen) atoms. The summed E-state index contributed by atoms with van der Waals surface area (Å²) < 4.78 is 6.75. The second kappa shape index (κ2) is 10.7. The minimum Gasteiger partial charge on any atom is -0.385 e. The summed E-state index contributed by atoms with van der Waals surface area (Å²) in [5.74, 6) is 0.121. The number of aromatic nitrogens is 2. The molecular formula is C21H29N5O3. The predicted molar refractivity (Wildman–Crippen MR) is 110 cm³/mol. The van der Waals surface area contributed by atoms with E-state index >= 15 is 0 Å². The summed E-state index contributed by atoms with van der Waals surface area (Å²) in [6.07, 6.45) is 4.80. The van der Waals surface area contributed by atoms with Crippen LogP contribution < -0.4 is 5.32 Å². The first-order valence-electron chi connectivity index (χ1n) is 10.0. The van der Waals surface area contributed by atoms with Crippen LogP contribution in [0.2, 0.25) is 0 Å². The first-order chi connectivity index (χ1) is 14.2. The number of hydrogen-bond donors (Lipinski definition) is 1. The van der Waals surface area contributed by atoms with Gasteiger partial charge in [0.1, 0.15) is 0 Å². The van der Waals surface area contributed by atoms with Gasteiger partial charge in [-0.1, -0.05) is 18.2 Å². The lowest BCUT2D eigenvalue weighted by Gasteiger charge is -2.34. The Morgan fingerprint density at radius 2 is 1.90 bits per heavy atom. The molecule has 0 unspecified atom stereocenters. The molecular weight excluding hydrogens is 370 g/mol. The Kier molecular flexibility index (Phi) is 7.77. The van der Waals surface area contributed by atoms with E-state index in [1.54, 1.807) is 18.0 Å². The fourth-order valence-corrected chi connectivity index (χ4v) is 3.32. The fourth-order valence-electron chi connectivity index (χ4n) is 3.32. The predicted octanol–water partition coefficient (Wildman–Crippen LogP) is 0.712. The Morgan fingerprint density at radius 3 is 2.62 bits per heavy atom. The Hall–Kier alpha value is -2.71. The Labute approximate surface area is 171 Å². The van der Waals surface area contributed by atoms with Crippen LogP contribution in [0, 0.1) is 0 Å². The third kappa shape index (κ3) is 6.40. The summed E-state index contributed by atoms with van der Waals surface area (Å²) in [5.41, 5.74) is 1.87. The molecule has 1 aromatic heterocycles. The van der Waals surface area contributed by atoms with Gasteiger partial charge in [-0.05, 0) is 24.1 Å². The molecule has 0 spiro atoms.